The van der Waals surface area contributed by atoms with Crippen molar-refractivity contribution in [1.82, 2.24) is 20.4 Å². The summed E-state index contributed by atoms with van der Waals surface area (Å²) in [6.45, 7) is 12.8. The number of likely N-dealkylation sites (N-methyl/N-ethyl adjacent to an activating group) is 1. The lowest BCUT2D eigenvalue weighted by Gasteiger charge is -2.34. The molecule has 0 saturated carbocycles. The maximum atomic E-state index is 4.38. The van der Waals surface area contributed by atoms with Crippen molar-refractivity contribution in [3.05, 3.63) is 57.3 Å². The van der Waals surface area contributed by atoms with Crippen LogP contribution in [0.3, 0.4) is 0 Å². The molecule has 1 aliphatic heterocycles. The lowest BCUT2D eigenvalue weighted by Crippen LogP contribution is -2.45. The Labute approximate surface area is 196 Å². The van der Waals surface area contributed by atoms with Gasteiger partial charge in [0, 0.05) is 51.2 Å². The molecule has 0 radical (unpaired) electrons. The average Bonchev–Trinajstić information content (AvgIpc) is 3.14. The monoisotopic (exact) mass is 527 g/mol. The standard InChI is InChI=1S/C22H33N5S.HI/c1-4-26-10-12-27(13-11-26)17-20-8-6-5-7-19(20)15-24-22(23-3)25-16-21-18(2)9-14-28-21;/h5-9,14H,4,10-13,15-17H2,1-3H3,(H2,23,24,25);1H. The molecule has 7 heteroatoms. The summed E-state index contributed by atoms with van der Waals surface area (Å²) < 4.78 is 0. The van der Waals surface area contributed by atoms with Gasteiger partial charge in [0.05, 0.1) is 6.54 Å². The SMILES string of the molecule is CCN1CCN(Cc2ccccc2CNC(=NC)NCc2sccc2C)CC1.I. The molecular formula is C22H34IN5S. The molecule has 2 heterocycles. The van der Waals surface area contributed by atoms with Crippen LogP contribution in [0.5, 0.6) is 0 Å². The summed E-state index contributed by atoms with van der Waals surface area (Å²) in [7, 11) is 1.83. The summed E-state index contributed by atoms with van der Waals surface area (Å²) in [6, 6.07) is 10.9. The van der Waals surface area contributed by atoms with Crippen LogP contribution >= 0.6 is 35.3 Å². The first-order valence-corrected chi connectivity index (χ1v) is 11.1. The molecule has 1 saturated heterocycles. The highest BCUT2D eigenvalue weighted by atomic mass is 127. The van der Waals surface area contributed by atoms with Crippen LogP contribution in [0, 0.1) is 6.92 Å². The van der Waals surface area contributed by atoms with Gasteiger partial charge in [0.15, 0.2) is 5.96 Å². The minimum atomic E-state index is 0. The van der Waals surface area contributed by atoms with E-state index in [0.29, 0.717) is 0 Å². The Morgan fingerprint density at radius 1 is 1.00 bits per heavy atom. The number of nitrogens with one attached hydrogen (secondary N) is 2. The van der Waals surface area contributed by atoms with Crippen LogP contribution in [0.4, 0.5) is 0 Å². The average molecular weight is 528 g/mol. The molecule has 0 unspecified atom stereocenters. The predicted molar refractivity (Wildman–Crippen MR) is 135 cm³/mol. The maximum absolute atomic E-state index is 4.38. The van der Waals surface area contributed by atoms with Gasteiger partial charge in [-0.1, -0.05) is 31.2 Å². The van der Waals surface area contributed by atoms with Crippen LogP contribution in [-0.4, -0.2) is 55.5 Å². The lowest BCUT2D eigenvalue weighted by molar-refractivity contribution is 0.131. The highest BCUT2D eigenvalue weighted by Crippen LogP contribution is 2.15. The third kappa shape index (κ3) is 7.24. The van der Waals surface area contributed by atoms with E-state index in [0.717, 1.165) is 45.2 Å². The van der Waals surface area contributed by atoms with Gasteiger partial charge < -0.3 is 15.5 Å². The van der Waals surface area contributed by atoms with Crippen LogP contribution in [0.2, 0.25) is 0 Å². The van der Waals surface area contributed by atoms with Gasteiger partial charge in [0.25, 0.3) is 0 Å². The van der Waals surface area contributed by atoms with Crippen molar-refractivity contribution in [1.29, 1.82) is 0 Å². The first-order chi connectivity index (χ1) is 13.7. The van der Waals surface area contributed by atoms with Crippen molar-refractivity contribution in [3.63, 3.8) is 0 Å². The molecule has 0 bridgehead atoms. The summed E-state index contributed by atoms with van der Waals surface area (Å²) in [5, 5.41) is 9.04. The van der Waals surface area contributed by atoms with Crippen molar-refractivity contribution < 1.29 is 0 Å². The van der Waals surface area contributed by atoms with Crippen molar-refractivity contribution in [2.24, 2.45) is 4.99 Å². The quantitative estimate of drug-likeness (QED) is 0.328. The lowest BCUT2D eigenvalue weighted by atomic mass is 10.1. The number of rotatable bonds is 7. The Kier molecular flexibility index (Phi) is 10.4. The Hall–Kier alpha value is -1.16. The minimum absolute atomic E-state index is 0. The highest BCUT2D eigenvalue weighted by molar-refractivity contribution is 14.0. The van der Waals surface area contributed by atoms with Gasteiger partial charge in [-0.15, -0.1) is 35.3 Å². The first kappa shape index (κ1) is 24.1. The van der Waals surface area contributed by atoms with Gasteiger partial charge in [0.1, 0.15) is 0 Å². The number of hydrogen-bond acceptors (Lipinski definition) is 4. The molecule has 5 nitrogen and oxygen atoms in total. The predicted octanol–water partition coefficient (Wildman–Crippen LogP) is 3.68. The largest absolute Gasteiger partial charge is 0.352 e. The summed E-state index contributed by atoms with van der Waals surface area (Å²) >= 11 is 1.79. The van der Waals surface area contributed by atoms with Gasteiger partial charge >= 0.3 is 0 Å². The van der Waals surface area contributed by atoms with E-state index < -0.39 is 0 Å². The van der Waals surface area contributed by atoms with E-state index in [1.807, 2.05) is 7.05 Å². The van der Waals surface area contributed by atoms with E-state index in [2.05, 4.69) is 75.0 Å². The first-order valence-electron chi connectivity index (χ1n) is 10.2. The fourth-order valence-corrected chi connectivity index (χ4v) is 4.38. The second-order valence-electron chi connectivity index (χ2n) is 7.29. The van der Waals surface area contributed by atoms with E-state index in [4.69, 9.17) is 0 Å². The van der Waals surface area contributed by atoms with Crippen LogP contribution in [0.15, 0.2) is 40.7 Å². The Morgan fingerprint density at radius 2 is 1.66 bits per heavy atom. The topological polar surface area (TPSA) is 42.9 Å². The molecule has 1 fully saturated rings. The molecule has 2 aromatic rings. The van der Waals surface area contributed by atoms with E-state index in [9.17, 15) is 0 Å². The molecule has 0 aliphatic carbocycles. The number of nitrogens with zero attached hydrogens (tertiary/aromatic N) is 3. The van der Waals surface area contributed by atoms with Crippen molar-refractivity contribution >= 4 is 41.3 Å². The summed E-state index contributed by atoms with van der Waals surface area (Å²) in [5.41, 5.74) is 4.08. The van der Waals surface area contributed by atoms with Gasteiger partial charge in [-0.25, -0.2) is 0 Å². The van der Waals surface area contributed by atoms with Crippen LogP contribution < -0.4 is 10.6 Å². The Balaban J connectivity index is 0.00000300. The van der Waals surface area contributed by atoms with Crippen LogP contribution in [-0.2, 0) is 19.6 Å². The number of guanidine groups is 1. The number of halogens is 1. The molecule has 3 rings (SSSR count). The smallest absolute Gasteiger partial charge is 0.191 e. The zero-order valence-electron chi connectivity index (χ0n) is 17.8. The van der Waals surface area contributed by atoms with Crippen LogP contribution in [0.25, 0.3) is 0 Å². The molecule has 0 atom stereocenters. The van der Waals surface area contributed by atoms with Gasteiger partial charge in [-0.05, 0) is 41.6 Å². The Bertz CT molecular complexity index is 768. The number of aryl methyl sites for hydroxylation is 1. The maximum Gasteiger partial charge on any atom is 0.191 e. The van der Waals surface area contributed by atoms with Crippen molar-refractivity contribution in [3.8, 4) is 0 Å². The minimum Gasteiger partial charge on any atom is -0.352 e. The number of aliphatic imine (C=N–C) groups is 1. The molecule has 1 aromatic heterocycles. The second kappa shape index (κ2) is 12.5. The van der Waals surface area contributed by atoms with E-state index in [1.54, 1.807) is 11.3 Å². The van der Waals surface area contributed by atoms with Gasteiger partial charge in [0.2, 0.25) is 0 Å². The number of hydrogen-bond donors (Lipinski definition) is 2. The number of benzene rings is 1. The summed E-state index contributed by atoms with van der Waals surface area (Å²) in [5.74, 6) is 0.846. The third-order valence-corrected chi connectivity index (χ3v) is 6.50. The molecule has 1 aromatic carbocycles. The normalized spacial score (nSPS) is 15.8. The van der Waals surface area contributed by atoms with E-state index >= 15 is 0 Å². The van der Waals surface area contributed by atoms with Gasteiger partial charge in [-0.3, -0.25) is 9.89 Å². The fraction of sp³-hybridized carbons (Fsp3) is 0.500. The zero-order chi connectivity index (χ0) is 19.8. The summed E-state index contributed by atoms with van der Waals surface area (Å²) in [6.07, 6.45) is 0. The summed E-state index contributed by atoms with van der Waals surface area (Å²) in [4.78, 5) is 10.8. The highest BCUT2D eigenvalue weighted by Gasteiger charge is 2.16. The Morgan fingerprint density at radius 3 is 2.28 bits per heavy atom. The van der Waals surface area contributed by atoms with Gasteiger partial charge in [-0.2, -0.15) is 0 Å². The number of thiophene rings is 1. The fourth-order valence-electron chi connectivity index (χ4n) is 3.54. The molecule has 0 spiro atoms. The molecule has 0 amide bonds. The van der Waals surface area contributed by atoms with Crippen molar-refractivity contribution in [2.45, 2.75) is 33.5 Å². The second-order valence-corrected chi connectivity index (χ2v) is 8.29. The molecule has 2 N–H and O–H groups in total. The number of piperazine rings is 1. The molecule has 160 valence electrons. The molecule has 29 heavy (non-hydrogen) atoms. The van der Waals surface area contributed by atoms with E-state index in [-0.39, 0.29) is 24.0 Å². The van der Waals surface area contributed by atoms with E-state index in [1.165, 1.54) is 34.7 Å². The van der Waals surface area contributed by atoms with Crippen molar-refractivity contribution in [2.75, 3.05) is 39.8 Å². The third-order valence-electron chi connectivity index (χ3n) is 5.48. The molecular weight excluding hydrogens is 493 g/mol. The van der Waals surface area contributed by atoms with Crippen LogP contribution in [0.1, 0.15) is 28.5 Å². The molecule has 1 aliphatic rings. The zero-order valence-corrected chi connectivity index (χ0v) is 20.9.